The molecule has 0 aliphatic rings. The SMILES string of the molecule is NCc1cc(C(F)(F)F)c(C=O)c(C(F)(F)F)c1. The van der Waals surface area contributed by atoms with Crippen LogP contribution < -0.4 is 5.73 Å². The number of nitrogens with two attached hydrogens (primary N) is 1. The van der Waals surface area contributed by atoms with Crippen molar-refractivity contribution >= 4 is 6.29 Å². The van der Waals surface area contributed by atoms with Gasteiger partial charge < -0.3 is 5.73 Å². The van der Waals surface area contributed by atoms with Crippen molar-refractivity contribution in [2.45, 2.75) is 18.9 Å². The van der Waals surface area contributed by atoms with Gasteiger partial charge in [0.25, 0.3) is 0 Å². The van der Waals surface area contributed by atoms with Crippen molar-refractivity contribution in [2.75, 3.05) is 0 Å². The molecule has 0 saturated carbocycles. The quantitative estimate of drug-likeness (QED) is 0.663. The first-order valence-electron chi connectivity index (χ1n) is 4.57. The highest BCUT2D eigenvalue weighted by molar-refractivity contribution is 5.81. The van der Waals surface area contributed by atoms with Crippen LogP contribution in [0.1, 0.15) is 27.0 Å². The third-order valence-electron chi connectivity index (χ3n) is 2.20. The molecule has 0 fully saturated rings. The van der Waals surface area contributed by atoms with Gasteiger partial charge in [-0.1, -0.05) is 0 Å². The minimum absolute atomic E-state index is 0.347. The molecule has 0 bridgehead atoms. The molecule has 0 atom stereocenters. The molecule has 0 amide bonds. The van der Waals surface area contributed by atoms with Gasteiger partial charge in [0.05, 0.1) is 11.1 Å². The Labute approximate surface area is 97.4 Å². The van der Waals surface area contributed by atoms with Gasteiger partial charge in [-0.2, -0.15) is 26.3 Å². The highest BCUT2D eigenvalue weighted by atomic mass is 19.4. The van der Waals surface area contributed by atoms with E-state index < -0.39 is 41.9 Å². The molecule has 0 saturated heterocycles. The Morgan fingerprint density at radius 3 is 1.61 bits per heavy atom. The fourth-order valence-electron chi connectivity index (χ4n) is 1.43. The average molecular weight is 271 g/mol. The molecule has 0 unspecified atom stereocenters. The molecule has 18 heavy (non-hydrogen) atoms. The number of benzene rings is 1. The van der Waals surface area contributed by atoms with Crippen molar-refractivity contribution in [3.63, 3.8) is 0 Å². The van der Waals surface area contributed by atoms with Crippen molar-refractivity contribution < 1.29 is 31.1 Å². The summed E-state index contributed by atoms with van der Waals surface area (Å²) in [7, 11) is 0. The molecule has 2 nitrogen and oxygen atoms in total. The molecule has 1 aromatic rings. The van der Waals surface area contributed by atoms with E-state index in [4.69, 9.17) is 5.73 Å². The molecule has 0 aliphatic carbocycles. The number of rotatable bonds is 2. The van der Waals surface area contributed by atoms with E-state index in [1.165, 1.54) is 0 Å². The Kier molecular flexibility index (Phi) is 3.70. The first-order valence-corrected chi connectivity index (χ1v) is 4.57. The number of carbonyl (C=O) groups is 1. The maximum atomic E-state index is 12.6. The van der Waals surface area contributed by atoms with E-state index >= 15 is 0 Å². The normalized spacial score (nSPS) is 12.6. The third-order valence-corrected chi connectivity index (χ3v) is 2.20. The largest absolute Gasteiger partial charge is 0.417 e. The highest BCUT2D eigenvalue weighted by Gasteiger charge is 2.41. The topological polar surface area (TPSA) is 43.1 Å². The predicted octanol–water partition coefficient (Wildman–Crippen LogP) is 3.00. The third kappa shape index (κ3) is 2.81. The van der Waals surface area contributed by atoms with Gasteiger partial charge in [-0.25, -0.2) is 0 Å². The first-order chi connectivity index (χ1) is 8.11. The summed E-state index contributed by atoms with van der Waals surface area (Å²) < 4.78 is 75.3. The Bertz CT molecular complexity index is 427. The Balaban J connectivity index is 3.66. The Hall–Kier alpha value is -1.57. The smallest absolute Gasteiger partial charge is 0.326 e. The summed E-state index contributed by atoms with van der Waals surface area (Å²) in [4.78, 5) is 10.5. The van der Waals surface area contributed by atoms with Gasteiger partial charge in [-0.3, -0.25) is 4.79 Å². The Morgan fingerprint density at radius 1 is 1.00 bits per heavy atom. The van der Waals surface area contributed by atoms with Crippen LogP contribution in [0.15, 0.2) is 12.1 Å². The molecule has 0 spiro atoms. The Morgan fingerprint density at radius 2 is 1.39 bits per heavy atom. The minimum Gasteiger partial charge on any atom is -0.326 e. The van der Waals surface area contributed by atoms with Crippen molar-refractivity contribution in [1.29, 1.82) is 0 Å². The molecule has 0 aromatic heterocycles. The van der Waals surface area contributed by atoms with E-state index in [2.05, 4.69) is 0 Å². The second-order valence-corrected chi connectivity index (χ2v) is 3.42. The van der Waals surface area contributed by atoms with Gasteiger partial charge in [-0.05, 0) is 17.7 Å². The lowest BCUT2D eigenvalue weighted by atomic mass is 9.97. The van der Waals surface area contributed by atoms with Gasteiger partial charge >= 0.3 is 12.4 Å². The summed E-state index contributed by atoms with van der Waals surface area (Å²) in [5, 5.41) is 0. The fraction of sp³-hybridized carbons (Fsp3) is 0.300. The van der Waals surface area contributed by atoms with Crippen molar-refractivity contribution in [3.8, 4) is 0 Å². The van der Waals surface area contributed by atoms with Crippen molar-refractivity contribution in [2.24, 2.45) is 5.73 Å². The summed E-state index contributed by atoms with van der Waals surface area (Å²) in [5.74, 6) is 0. The molecule has 2 N–H and O–H groups in total. The maximum Gasteiger partial charge on any atom is 0.417 e. The molecule has 1 rings (SSSR count). The molecule has 100 valence electrons. The van der Waals surface area contributed by atoms with E-state index in [1.54, 1.807) is 0 Å². The minimum atomic E-state index is -5.05. The monoisotopic (exact) mass is 271 g/mol. The lowest BCUT2D eigenvalue weighted by molar-refractivity contribution is -0.143. The van der Waals surface area contributed by atoms with Gasteiger partial charge in [0, 0.05) is 12.1 Å². The van der Waals surface area contributed by atoms with E-state index in [9.17, 15) is 31.1 Å². The standard InChI is InChI=1S/C10H7F6NO/c11-9(12,13)7-1-5(3-17)2-8(6(7)4-18)10(14,15)16/h1-2,4H,3,17H2. The molecule has 0 heterocycles. The fourth-order valence-corrected chi connectivity index (χ4v) is 1.43. The van der Waals surface area contributed by atoms with E-state index in [-0.39, 0.29) is 5.56 Å². The van der Waals surface area contributed by atoms with Crippen LogP contribution in [0.5, 0.6) is 0 Å². The molecule has 8 heteroatoms. The number of halogens is 6. The second-order valence-electron chi connectivity index (χ2n) is 3.42. The van der Waals surface area contributed by atoms with Crippen LogP contribution >= 0.6 is 0 Å². The van der Waals surface area contributed by atoms with Crippen LogP contribution in [0.2, 0.25) is 0 Å². The van der Waals surface area contributed by atoms with Gasteiger partial charge in [0.2, 0.25) is 0 Å². The summed E-state index contributed by atoms with van der Waals surface area (Å²) in [5.41, 5.74) is 0.00840. The first kappa shape index (κ1) is 14.5. The summed E-state index contributed by atoms with van der Waals surface area (Å²) in [6, 6.07) is 0.887. The lowest BCUT2D eigenvalue weighted by Gasteiger charge is -2.16. The average Bonchev–Trinajstić information content (AvgIpc) is 2.24. The molecule has 0 aliphatic heterocycles. The molecular weight excluding hydrogens is 264 g/mol. The second kappa shape index (κ2) is 4.60. The van der Waals surface area contributed by atoms with Gasteiger partial charge in [-0.15, -0.1) is 0 Å². The summed E-state index contributed by atoms with van der Waals surface area (Å²) >= 11 is 0. The zero-order chi connectivity index (χ0) is 14.1. The number of aldehydes is 1. The summed E-state index contributed by atoms with van der Waals surface area (Å²) in [6.07, 6.45) is -10.6. The molecule has 0 radical (unpaired) electrons. The molecule has 1 aromatic carbocycles. The van der Waals surface area contributed by atoms with Crippen molar-refractivity contribution in [3.05, 3.63) is 34.4 Å². The lowest BCUT2D eigenvalue weighted by Crippen LogP contribution is -2.18. The predicted molar refractivity (Wildman–Crippen MR) is 49.7 cm³/mol. The van der Waals surface area contributed by atoms with Crippen LogP contribution in [0.25, 0.3) is 0 Å². The highest BCUT2D eigenvalue weighted by Crippen LogP contribution is 2.39. The van der Waals surface area contributed by atoms with Crippen LogP contribution in [0.3, 0.4) is 0 Å². The van der Waals surface area contributed by atoms with Crippen LogP contribution in [0, 0.1) is 0 Å². The van der Waals surface area contributed by atoms with Crippen LogP contribution in [0.4, 0.5) is 26.3 Å². The van der Waals surface area contributed by atoms with Crippen LogP contribution in [-0.2, 0) is 18.9 Å². The number of carbonyl (C=O) groups excluding carboxylic acids is 1. The van der Waals surface area contributed by atoms with Crippen molar-refractivity contribution in [1.82, 2.24) is 0 Å². The number of alkyl halides is 6. The molecular formula is C10H7F6NO. The van der Waals surface area contributed by atoms with E-state index in [0.717, 1.165) is 0 Å². The van der Waals surface area contributed by atoms with E-state index in [0.29, 0.717) is 12.1 Å². The zero-order valence-corrected chi connectivity index (χ0v) is 8.69. The van der Waals surface area contributed by atoms with Crippen LogP contribution in [-0.4, -0.2) is 6.29 Å². The van der Waals surface area contributed by atoms with Gasteiger partial charge in [0.15, 0.2) is 6.29 Å². The number of hydrogen-bond donors (Lipinski definition) is 1. The van der Waals surface area contributed by atoms with E-state index in [1.807, 2.05) is 0 Å². The summed E-state index contributed by atoms with van der Waals surface area (Å²) in [6.45, 7) is -0.495. The zero-order valence-electron chi connectivity index (χ0n) is 8.69. The number of hydrogen-bond acceptors (Lipinski definition) is 2. The van der Waals surface area contributed by atoms with Gasteiger partial charge in [0.1, 0.15) is 0 Å². The maximum absolute atomic E-state index is 12.6.